The van der Waals surface area contributed by atoms with Gasteiger partial charge in [0.1, 0.15) is 0 Å². The van der Waals surface area contributed by atoms with Crippen molar-refractivity contribution in [2.75, 3.05) is 0 Å². The van der Waals surface area contributed by atoms with Crippen molar-refractivity contribution in [1.29, 1.82) is 0 Å². The summed E-state index contributed by atoms with van der Waals surface area (Å²) in [5, 5.41) is 9.73. The number of aromatic nitrogens is 2. The molecule has 0 spiro atoms. The zero-order valence-electron chi connectivity index (χ0n) is 10.4. The standard InChI is InChI=1S/C13H16N2O2S/c1-8-3-5-10-11(7-8)15-13(14-10)18-9(2)4-6-12(16)17/h3,5,7,9H,4,6H2,1-2H3,(H,14,15)(H,16,17). The first-order valence-electron chi connectivity index (χ1n) is 5.89. The average molecular weight is 264 g/mol. The highest BCUT2D eigenvalue weighted by Crippen LogP contribution is 2.26. The maximum Gasteiger partial charge on any atom is 0.303 e. The minimum absolute atomic E-state index is 0.202. The van der Waals surface area contributed by atoms with E-state index in [1.807, 2.05) is 26.0 Å². The second-order valence-electron chi connectivity index (χ2n) is 4.42. The minimum Gasteiger partial charge on any atom is -0.481 e. The molecule has 0 aliphatic carbocycles. The molecule has 4 nitrogen and oxygen atoms in total. The lowest BCUT2D eigenvalue weighted by Crippen LogP contribution is -2.02. The molecule has 2 rings (SSSR count). The Morgan fingerprint density at radius 1 is 1.56 bits per heavy atom. The van der Waals surface area contributed by atoms with E-state index in [2.05, 4.69) is 16.0 Å². The SMILES string of the molecule is Cc1ccc2nc(SC(C)CCC(=O)O)[nH]c2c1. The van der Waals surface area contributed by atoms with Gasteiger partial charge >= 0.3 is 5.97 Å². The number of benzene rings is 1. The van der Waals surface area contributed by atoms with E-state index in [-0.39, 0.29) is 11.7 Å². The first-order chi connectivity index (χ1) is 8.54. The quantitative estimate of drug-likeness (QED) is 0.814. The fourth-order valence-electron chi connectivity index (χ4n) is 1.73. The number of carboxylic acids is 1. The summed E-state index contributed by atoms with van der Waals surface area (Å²) in [4.78, 5) is 18.2. The highest BCUT2D eigenvalue weighted by molar-refractivity contribution is 7.99. The van der Waals surface area contributed by atoms with E-state index >= 15 is 0 Å². The van der Waals surface area contributed by atoms with Crippen LogP contribution in [0.5, 0.6) is 0 Å². The molecule has 1 heterocycles. The topological polar surface area (TPSA) is 66.0 Å². The molecule has 0 saturated heterocycles. The van der Waals surface area contributed by atoms with Crippen molar-refractivity contribution in [2.45, 2.75) is 37.1 Å². The van der Waals surface area contributed by atoms with Crippen LogP contribution in [0.25, 0.3) is 11.0 Å². The van der Waals surface area contributed by atoms with Gasteiger partial charge in [0, 0.05) is 11.7 Å². The smallest absolute Gasteiger partial charge is 0.303 e. The summed E-state index contributed by atoms with van der Waals surface area (Å²) in [7, 11) is 0. The fourth-order valence-corrected chi connectivity index (χ4v) is 2.67. The summed E-state index contributed by atoms with van der Waals surface area (Å²) >= 11 is 1.59. The molecule has 0 saturated carbocycles. The number of hydrogen-bond acceptors (Lipinski definition) is 3. The van der Waals surface area contributed by atoms with E-state index in [1.165, 1.54) is 5.56 Å². The molecular weight excluding hydrogens is 248 g/mol. The molecule has 2 aromatic rings. The van der Waals surface area contributed by atoms with Gasteiger partial charge in [0.15, 0.2) is 5.16 Å². The Labute approximate surface area is 110 Å². The summed E-state index contributed by atoms with van der Waals surface area (Å²) < 4.78 is 0. The number of aryl methyl sites for hydroxylation is 1. The Bertz CT molecular complexity index is 565. The zero-order chi connectivity index (χ0) is 13.1. The fraction of sp³-hybridized carbons (Fsp3) is 0.385. The number of imidazole rings is 1. The molecule has 18 heavy (non-hydrogen) atoms. The van der Waals surface area contributed by atoms with Crippen LogP contribution in [0.2, 0.25) is 0 Å². The van der Waals surface area contributed by atoms with Gasteiger partial charge in [-0.2, -0.15) is 0 Å². The van der Waals surface area contributed by atoms with E-state index in [0.29, 0.717) is 6.42 Å². The Morgan fingerprint density at radius 2 is 2.33 bits per heavy atom. The Morgan fingerprint density at radius 3 is 3.06 bits per heavy atom. The van der Waals surface area contributed by atoms with E-state index < -0.39 is 5.97 Å². The monoisotopic (exact) mass is 264 g/mol. The first kappa shape index (κ1) is 13.0. The van der Waals surface area contributed by atoms with Gasteiger partial charge in [0.2, 0.25) is 0 Å². The number of rotatable bonds is 5. The average Bonchev–Trinajstić information content (AvgIpc) is 2.67. The molecule has 1 unspecified atom stereocenters. The van der Waals surface area contributed by atoms with Gasteiger partial charge in [0.25, 0.3) is 0 Å². The van der Waals surface area contributed by atoms with Crippen LogP contribution in [-0.4, -0.2) is 26.3 Å². The second kappa shape index (κ2) is 5.44. The third kappa shape index (κ3) is 3.26. The Balaban J connectivity index is 2.05. The van der Waals surface area contributed by atoms with Gasteiger partial charge in [-0.25, -0.2) is 4.98 Å². The van der Waals surface area contributed by atoms with Crippen molar-refractivity contribution in [3.05, 3.63) is 23.8 Å². The zero-order valence-corrected chi connectivity index (χ0v) is 11.3. The number of H-pyrrole nitrogens is 1. The molecular formula is C13H16N2O2S. The second-order valence-corrected chi connectivity index (χ2v) is 5.85. The summed E-state index contributed by atoms with van der Waals surface area (Å²) in [6.45, 7) is 4.06. The lowest BCUT2D eigenvalue weighted by molar-refractivity contribution is -0.137. The van der Waals surface area contributed by atoms with Gasteiger partial charge in [0.05, 0.1) is 11.0 Å². The van der Waals surface area contributed by atoms with E-state index in [0.717, 1.165) is 16.2 Å². The van der Waals surface area contributed by atoms with Crippen molar-refractivity contribution < 1.29 is 9.90 Å². The number of aliphatic carboxylic acids is 1. The number of fused-ring (bicyclic) bond motifs is 1. The van der Waals surface area contributed by atoms with E-state index in [4.69, 9.17) is 5.11 Å². The summed E-state index contributed by atoms with van der Waals surface area (Å²) in [5.41, 5.74) is 3.18. The number of thioether (sulfide) groups is 1. The van der Waals surface area contributed by atoms with Crippen LogP contribution >= 0.6 is 11.8 Å². The number of nitrogens with one attached hydrogen (secondary N) is 1. The normalized spacial score (nSPS) is 12.8. The molecule has 0 bridgehead atoms. The van der Waals surface area contributed by atoms with Crippen LogP contribution < -0.4 is 0 Å². The van der Waals surface area contributed by atoms with E-state index in [1.54, 1.807) is 11.8 Å². The Hall–Kier alpha value is -1.49. The lowest BCUT2D eigenvalue weighted by Gasteiger charge is -2.06. The maximum atomic E-state index is 10.5. The van der Waals surface area contributed by atoms with Crippen LogP contribution in [-0.2, 0) is 4.79 Å². The molecule has 0 amide bonds. The van der Waals surface area contributed by atoms with Gasteiger partial charge in [-0.15, -0.1) is 0 Å². The van der Waals surface area contributed by atoms with Crippen molar-refractivity contribution in [2.24, 2.45) is 0 Å². The van der Waals surface area contributed by atoms with Gasteiger partial charge in [-0.3, -0.25) is 4.79 Å². The summed E-state index contributed by atoms with van der Waals surface area (Å²) in [5.74, 6) is -0.748. The minimum atomic E-state index is -0.748. The Kier molecular flexibility index (Phi) is 3.91. The highest BCUT2D eigenvalue weighted by atomic mass is 32.2. The number of carbonyl (C=O) groups is 1. The predicted octanol–water partition coefficient (Wildman–Crippen LogP) is 3.22. The maximum absolute atomic E-state index is 10.5. The molecule has 1 aromatic carbocycles. The molecule has 1 aromatic heterocycles. The number of nitrogens with zero attached hydrogens (tertiary/aromatic N) is 1. The molecule has 1 atom stereocenters. The molecule has 0 fully saturated rings. The molecule has 0 aliphatic heterocycles. The third-order valence-corrected chi connectivity index (χ3v) is 3.75. The highest BCUT2D eigenvalue weighted by Gasteiger charge is 2.10. The van der Waals surface area contributed by atoms with Crippen LogP contribution in [0.1, 0.15) is 25.3 Å². The molecule has 0 aliphatic rings. The van der Waals surface area contributed by atoms with Crippen LogP contribution in [0, 0.1) is 6.92 Å². The summed E-state index contributed by atoms with van der Waals surface area (Å²) in [6, 6.07) is 6.09. The largest absolute Gasteiger partial charge is 0.481 e. The third-order valence-electron chi connectivity index (χ3n) is 2.69. The number of aromatic amines is 1. The van der Waals surface area contributed by atoms with Gasteiger partial charge in [-0.1, -0.05) is 24.8 Å². The van der Waals surface area contributed by atoms with Crippen molar-refractivity contribution >= 4 is 28.8 Å². The number of hydrogen-bond donors (Lipinski definition) is 2. The van der Waals surface area contributed by atoms with Crippen LogP contribution in [0.4, 0.5) is 0 Å². The molecule has 5 heteroatoms. The van der Waals surface area contributed by atoms with Crippen molar-refractivity contribution in [1.82, 2.24) is 9.97 Å². The number of carboxylic acid groups (broad SMARTS) is 1. The van der Waals surface area contributed by atoms with Crippen molar-refractivity contribution in [3.63, 3.8) is 0 Å². The van der Waals surface area contributed by atoms with E-state index in [9.17, 15) is 4.79 Å². The summed E-state index contributed by atoms with van der Waals surface area (Å²) in [6.07, 6.45) is 0.851. The van der Waals surface area contributed by atoms with Gasteiger partial charge in [-0.05, 0) is 31.0 Å². The van der Waals surface area contributed by atoms with Crippen molar-refractivity contribution in [3.8, 4) is 0 Å². The van der Waals surface area contributed by atoms with Crippen LogP contribution in [0.15, 0.2) is 23.4 Å². The first-order valence-corrected chi connectivity index (χ1v) is 6.77. The molecule has 2 N–H and O–H groups in total. The predicted molar refractivity (Wildman–Crippen MR) is 73.0 cm³/mol. The van der Waals surface area contributed by atoms with Crippen LogP contribution in [0.3, 0.4) is 0 Å². The molecule has 96 valence electrons. The molecule has 0 radical (unpaired) electrons. The van der Waals surface area contributed by atoms with Gasteiger partial charge < -0.3 is 10.1 Å². The lowest BCUT2D eigenvalue weighted by atomic mass is 10.2.